The highest BCUT2D eigenvalue weighted by Gasteiger charge is 2.10. The highest BCUT2D eigenvalue weighted by atomic mass is 35.5. The molecule has 0 unspecified atom stereocenters. The third kappa shape index (κ3) is 3.07. The second-order valence-electron chi connectivity index (χ2n) is 4.14. The molecule has 5 N–H and O–H groups in total. The molecule has 0 atom stereocenters. The fourth-order valence-electron chi connectivity index (χ4n) is 1.63. The van der Waals surface area contributed by atoms with E-state index >= 15 is 0 Å². The van der Waals surface area contributed by atoms with Crippen LogP contribution in [0.15, 0.2) is 42.5 Å². The molecular formula is C14H12ClN3O2. The minimum atomic E-state index is -0.654. The standard InChI is InChI=1S/C14H12ClN3O2/c15-12-6-5-10(7-11(12)13(17)19)18-14(20)8-1-3-9(16)4-2-8/h1-7H,16H2,(H2,17,19)(H,18,20). The van der Waals surface area contributed by atoms with Crippen LogP contribution in [0.5, 0.6) is 0 Å². The molecule has 0 aromatic heterocycles. The number of halogens is 1. The summed E-state index contributed by atoms with van der Waals surface area (Å²) in [4.78, 5) is 23.2. The van der Waals surface area contributed by atoms with Gasteiger partial charge in [-0.15, -0.1) is 0 Å². The van der Waals surface area contributed by atoms with Crippen molar-refractivity contribution in [3.63, 3.8) is 0 Å². The highest BCUT2D eigenvalue weighted by molar-refractivity contribution is 6.34. The minimum absolute atomic E-state index is 0.154. The Morgan fingerprint density at radius 3 is 2.30 bits per heavy atom. The Hall–Kier alpha value is -2.53. The highest BCUT2D eigenvalue weighted by Crippen LogP contribution is 2.20. The van der Waals surface area contributed by atoms with Gasteiger partial charge in [-0.25, -0.2) is 0 Å². The monoisotopic (exact) mass is 289 g/mol. The van der Waals surface area contributed by atoms with Crippen molar-refractivity contribution in [1.82, 2.24) is 0 Å². The van der Waals surface area contributed by atoms with Gasteiger partial charge < -0.3 is 16.8 Å². The van der Waals surface area contributed by atoms with Crippen LogP contribution in [0.2, 0.25) is 5.02 Å². The van der Waals surface area contributed by atoms with Crippen LogP contribution < -0.4 is 16.8 Å². The predicted octanol–water partition coefficient (Wildman–Crippen LogP) is 2.27. The smallest absolute Gasteiger partial charge is 0.255 e. The summed E-state index contributed by atoms with van der Waals surface area (Å²) in [6.45, 7) is 0. The van der Waals surface area contributed by atoms with Crippen LogP contribution in [0.4, 0.5) is 11.4 Å². The lowest BCUT2D eigenvalue weighted by Crippen LogP contribution is -2.15. The summed E-state index contributed by atoms with van der Waals surface area (Å²) in [5, 5.41) is 2.89. The van der Waals surface area contributed by atoms with Gasteiger partial charge in [0, 0.05) is 16.9 Å². The normalized spacial score (nSPS) is 10.1. The molecule has 2 amide bonds. The van der Waals surface area contributed by atoms with Crippen molar-refractivity contribution in [3.05, 3.63) is 58.6 Å². The molecule has 0 radical (unpaired) electrons. The van der Waals surface area contributed by atoms with Crippen molar-refractivity contribution in [2.75, 3.05) is 11.1 Å². The number of nitrogen functional groups attached to an aromatic ring is 1. The molecule has 2 rings (SSSR count). The van der Waals surface area contributed by atoms with Crippen LogP contribution in [0.25, 0.3) is 0 Å². The van der Waals surface area contributed by atoms with Gasteiger partial charge in [0.15, 0.2) is 0 Å². The average molecular weight is 290 g/mol. The van der Waals surface area contributed by atoms with E-state index in [4.69, 9.17) is 23.1 Å². The molecule has 0 bridgehead atoms. The van der Waals surface area contributed by atoms with E-state index in [1.54, 1.807) is 30.3 Å². The maximum atomic E-state index is 12.0. The summed E-state index contributed by atoms with van der Waals surface area (Å²) in [7, 11) is 0. The van der Waals surface area contributed by atoms with E-state index < -0.39 is 5.91 Å². The van der Waals surface area contributed by atoms with Gasteiger partial charge in [0.05, 0.1) is 10.6 Å². The molecule has 0 aliphatic carbocycles. The topological polar surface area (TPSA) is 98.2 Å². The van der Waals surface area contributed by atoms with E-state index in [0.717, 1.165) is 0 Å². The number of anilines is 2. The van der Waals surface area contributed by atoms with E-state index in [9.17, 15) is 9.59 Å². The molecule has 6 heteroatoms. The van der Waals surface area contributed by atoms with Gasteiger partial charge in [-0.05, 0) is 42.5 Å². The maximum absolute atomic E-state index is 12.0. The molecular weight excluding hydrogens is 278 g/mol. The summed E-state index contributed by atoms with van der Waals surface area (Å²) in [5.74, 6) is -0.971. The van der Waals surface area contributed by atoms with Gasteiger partial charge in [0.25, 0.3) is 5.91 Å². The number of hydrogen-bond acceptors (Lipinski definition) is 3. The van der Waals surface area contributed by atoms with Crippen molar-refractivity contribution in [2.24, 2.45) is 5.73 Å². The molecule has 2 aromatic carbocycles. The lowest BCUT2D eigenvalue weighted by atomic mass is 10.1. The first-order valence-corrected chi connectivity index (χ1v) is 6.11. The zero-order chi connectivity index (χ0) is 14.7. The van der Waals surface area contributed by atoms with Gasteiger partial charge in [-0.3, -0.25) is 9.59 Å². The molecule has 0 aliphatic rings. The number of carbonyl (C=O) groups is 2. The Labute approximate surface area is 120 Å². The van der Waals surface area contributed by atoms with Crippen LogP contribution in [0, 0.1) is 0 Å². The zero-order valence-corrected chi connectivity index (χ0v) is 11.1. The van der Waals surface area contributed by atoms with E-state index in [-0.39, 0.29) is 16.5 Å². The Bertz CT molecular complexity index is 669. The van der Waals surface area contributed by atoms with Gasteiger partial charge in [-0.1, -0.05) is 11.6 Å². The predicted molar refractivity (Wildman–Crippen MR) is 78.8 cm³/mol. The van der Waals surface area contributed by atoms with Crippen LogP contribution in [0.1, 0.15) is 20.7 Å². The quantitative estimate of drug-likeness (QED) is 0.756. The first kappa shape index (κ1) is 13.9. The second kappa shape index (κ2) is 5.63. The molecule has 0 aliphatic heterocycles. The van der Waals surface area contributed by atoms with E-state index in [1.807, 2.05) is 0 Å². The molecule has 0 spiro atoms. The number of benzene rings is 2. The molecule has 0 fully saturated rings. The molecule has 5 nitrogen and oxygen atoms in total. The van der Waals surface area contributed by atoms with Crippen molar-refractivity contribution < 1.29 is 9.59 Å². The lowest BCUT2D eigenvalue weighted by Gasteiger charge is -2.07. The SMILES string of the molecule is NC(=O)c1cc(NC(=O)c2ccc(N)cc2)ccc1Cl. The molecule has 0 heterocycles. The summed E-state index contributed by atoms with van der Waals surface area (Å²) >= 11 is 5.83. The molecule has 20 heavy (non-hydrogen) atoms. The Balaban J connectivity index is 2.21. The number of nitrogens with two attached hydrogens (primary N) is 2. The first-order valence-electron chi connectivity index (χ1n) is 5.73. The average Bonchev–Trinajstić information content (AvgIpc) is 2.41. The first-order chi connectivity index (χ1) is 9.47. The van der Waals surface area contributed by atoms with Crippen LogP contribution >= 0.6 is 11.6 Å². The third-order valence-electron chi connectivity index (χ3n) is 2.66. The Morgan fingerprint density at radius 2 is 1.70 bits per heavy atom. The van der Waals surface area contributed by atoms with Crippen molar-refractivity contribution in [1.29, 1.82) is 0 Å². The van der Waals surface area contributed by atoms with Crippen LogP contribution in [0.3, 0.4) is 0 Å². The fourth-order valence-corrected chi connectivity index (χ4v) is 1.84. The van der Waals surface area contributed by atoms with E-state index in [1.165, 1.54) is 12.1 Å². The molecule has 2 aromatic rings. The summed E-state index contributed by atoms with van der Waals surface area (Å²) in [6.07, 6.45) is 0. The number of hydrogen-bond donors (Lipinski definition) is 3. The Kier molecular flexibility index (Phi) is 3.91. The van der Waals surface area contributed by atoms with Gasteiger partial charge in [0.2, 0.25) is 5.91 Å². The summed E-state index contributed by atoms with van der Waals surface area (Å²) in [5.41, 5.74) is 12.4. The summed E-state index contributed by atoms with van der Waals surface area (Å²) in [6, 6.07) is 11.0. The van der Waals surface area contributed by atoms with E-state index in [0.29, 0.717) is 16.9 Å². The van der Waals surface area contributed by atoms with Crippen molar-refractivity contribution in [3.8, 4) is 0 Å². The number of rotatable bonds is 3. The molecule has 102 valence electrons. The number of nitrogens with one attached hydrogen (secondary N) is 1. The van der Waals surface area contributed by atoms with Gasteiger partial charge in [-0.2, -0.15) is 0 Å². The van der Waals surface area contributed by atoms with Crippen molar-refractivity contribution in [2.45, 2.75) is 0 Å². The second-order valence-corrected chi connectivity index (χ2v) is 4.54. The lowest BCUT2D eigenvalue weighted by molar-refractivity contribution is 0.0996. The third-order valence-corrected chi connectivity index (χ3v) is 2.99. The fraction of sp³-hybridized carbons (Fsp3) is 0. The molecule has 0 saturated heterocycles. The number of carbonyl (C=O) groups excluding carboxylic acids is 2. The maximum Gasteiger partial charge on any atom is 0.255 e. The van der Waals surface area contributed by atoms with Gasteiger partial charge in [0.1, 0.15) is 0 Å². The van der Waals surface area contributed by atoms with Crippen molar-refractivity contribution >= 4 is 34.8 Å². The molecule has 0 saturated carbocycles. The van der Waals surface area contributed by atoms with E-state index in [2.05, 4.69) is 5.32 Å². The van der Waals surface area contributed by atoms with Crippen LogP contribution in [-0.4, -0.2) is 11.8 Å². The zero-order valence-electron chi connectivity index (χ0n) is 10.4. The summed E-state index contributed by atoms with van der Waals surface area (Å²) < 4.78 is 0. The number of primary amides is 1. The van der Waals surface area contributed by atoms with Crippen LogP contribution in [-0.2, 0) is 0 Å². The minimum Gasteiger partial charge on any atom is -0.399 e. The Morgan fingerprint density at radius 1 is 1.05 bits per heavy atom. The number of amides is 2. The van der Waals surface area contributed by atoms with Gasteiger partial charge >= 0.3 is 0 Å². The largest absolute Gasteiger partial charge is 0.399 e.